The molecule has 1 heterocycles. The maximum atomic E-state index is 14.0. The van der Waals surface area contributed by atoms with E-state index in [0.717, 1.165) is 19.3 Å². The highest BCUT2D eigenvalue weighted by molar-refractivity contribution is 5.96. The quantitative estimate of drug-likeness (QED) is 0.197. The number of ether oxygens (including phenoxy) is 4. The van der Waals surface area contributed by atoms with Crippen LogP contribution in [0.2, 0.25) is 0 Å². The van der Waals surface area contributed by atoms with Gasteiger partial charge in [0.2, 0.25) is 11.8 Å². The van der Waals surface area contributed by atoms with E-state index in [2.05, 4.69) is 26.1 Å². The lowest BCUT2D eigenvalue weighted by Gasteiger charge is -2.41. The van der Waals surface area contributed by atoms with E-state index in [-0.39, 0.29) is 43.9 Å². The van der Waals surface area contributed by atoms with Gasteiger partial charge in [-0.05, 0) is 62.1 Å². The van der Waals surface area contributed by atoms with E-state index in [1.807, 2.05) is 6.92 Å². The summed E-state index contributed by atoms with van der Waals surface area (Å²) in [5, 5.41) is 24.0. The zero-order valence-corrected chi connectivity index (χ0v) is 27.2. The third-order valence-corrected chi connectivity index (χ3v) is 9.37. The van der Waals surface area contributed by atoms with Crippen LogP contribution in [0.1, 0.15) is 75.2 Å². The van der Waals surface area contributed by atoms with Gasteiger partial charge in [-0.2, -0.15) is 0 Å². The molecule has 3 aliphatic rings. The van der Waals surface area contributed by atoms with Crippen molar-refractivity contribution in [2.45, 2.75) is 83.6 Å². The molecule has 0 bridgehead atoms. The molecule has 0 radical (unpaired) electrons. The summed E-state index contributed by atoms with van der Waals surface area (Å²) in [7, 11) is 1.45. The van der Waals surface area contributed by atoms with E-state index in [9.17, 15) is 24.6 Å². The SMILES string of the molecule is CCOCCCN(C(=O)CO[C@H]1C[C@@H](C)CC[C@@H]1C(C)C)[C@@H]1C=C(C(=O)NCCO)[C@@H]2c3cc(C=O)cc(OC)c3O[C@@H]2[C@H]1O. The molecule has 11 nitrogen and oxygen atoms in total. The van der Waals surface area contributed by atoms with Gasteiger partial charge in [0.25, 0.3) is 0 Å². The number of carbonyl (C=O) groups excluding carboxylic acids is 3. The smallest absolute Gasteiger partial charge is 0.249 e. The second-order valence-electron chi connectivity index (χ2n) is 12.7. The summed E-state index contributed by atoms with van der Waals surface area (Å²) < 4.78 is 23.7. The standard InChI is InChI=1S/C34H50N2O9/c1-6-43-13-7-11-36(29(39)19-44-27-14-21(4)8-9-23(27)20(2)3)26-17-25(34(41)35-10-12-37)30-24-15-22(18-38)16-28(42-5)32(24)45-33(30)31(26)40/h15-18,20-21,23,26-27,30-31,33,37,40H,6-14,19H2,1-5H3,(H,35,41)/t21-,23+,26+,27-,30-,31-,33-/m0/s1. The number of carbonyl (C=O) groups is 3. The highest BCUT2D eigenvalue weighted by atomic mass is 16.5. The molecule has 0 saturated heterocycles. The average Bonchev–Trinajstić information content (AvgIpc) is 3.42. The second kappa shape index (κ2) is 16.0. The number of rotatable bonds is 15. The fourth-order valence-corrected chi connectivity index (χ4v) is 7.05. The van der Waals surface area contributed by atoms with Crippen molar-refractivity contribution in [1.29, 1.82) is 0 Å². The van der Waals surface area contributed by atoms with Crippen LogP contribution in [-0.2, 0) is 19.1 Å². The number of methoxy groups -OCH3 is 1. The summed E-state index contributed by atoms with van der Waals surface area (Å²) in [6.45, 7) is 9.33. The first-order chi connectivity index (χ1) is 21.6. The molecular formula is C34H50N2O9. The topological polar surface area (TPSA) is 144 Å². The minimum absolute atomic E-state index is 0.0217. The Morgan fingerprint density at radius 3 is 2.69 bits per heavy atom. The van der Waals surface area contributed by atoms with Crippen molar-refractivity contribution < 1.29 is 43.5 Å². The Kier molecular flexibility index (Phi) is 12.4. The van der Waals surface area contributed by atoms with Crippen LogP contribution in [0.4, 0.5) is 0 Å². The molecule has 2 aliphatic carbocycles. The number of hydrogen-bond donors (Lipinski definition) is 3. The maximum Gasteiger partial charge on any atom is 0.249 e. The van der Waals surface area contributed by atoms with Crippen molar-refractivity contribution in [3.63, 3.8) is 0 Å². The van der Waals surface area contributed by atoms with Crippen LogP contribution < -0.4 is 14.8 Å². The molecule has 0 spiro atoms. The highest BCUT2D eigenvalue weighted by Gasteiger charge is 2.51. The molecule has 250 valence electrons. The van der Waals surface area contributed by atoms with Gasteiger partial charge in [-0.15, -0.1) is 0 Å². The third kappa shape index (κ3) is 7.88. The number of nitrogens with zero attached hydrogens (tertiary/aromatic N) is 1. The van der Waals surface area contributed by atoms with Crippen molar-refractivity contribution in [1.82, 2.24) is 10.2 Å². The summed E-state index contributed by atoms with van der Waals surface area (Å²) in [5.41, 5.74) is 1.15. The molecule has 1 saturated carbocycles. The normalized spacial score (nSPS) is 27.2. The molecular weight excluding hydrogens is 580 g/mol. The van der Waals surface area contributed by atoms with Crippen LogP contribution in [0.15, 0.2) is 23.8 Å². The number of aliphatic hydroxyl groups is 2. The fourth-order valence-electron chi connectivity index (χ4n) is 7.05. The average molecular weight is 631 g/mol. The summed E-state index contributed by atoms with van der Waals surface area (Å²) >= 11 is 0. The highest BCUT2D eigenvalue weighted by Crippen LogP contribution is 2.51. The van der Waals surface area contributed by atoms with Crippen LogP contribution >= 0.6 is 0 Å². The molecule has 1 aromatic rings. The van der Waals surface area contributed by atoms with Gasteiger partial charge >= 0.3 is 0 Å². The molecule has 4 rings (SSSR count). The van der Waals surface area contributed by atoms with Crippen molar-refractivity contribution in [3.8, 4) is 11.5 Å². The van der Waals surface area contributed by atoms with Gasteiger partial charge in [-0.3, -0.25) is 14.4 Å². The molecule has 45 heavy (non-hydrogen) atoms. The van der Waals surface area contributed by atoms with Crippen LogP contribution in [0.25, 0.3) is 0 Å². The van der Waals surface area contributed by atoms with E-state index in [1.165, 1.54) is 7.11 Å². The van der Waals surface area contributed by atoms with Crippen LogP contribution in [-0.4, -0.2) is 104 Å². The van der Waals surface area contributed by atoms with Crippen molar-refractivity contribution in [3.05, 3.63) is 34.9 Å². The maximum absolute atomic E-state index is 14.0. The van der Waals surface area contributed by atoms with Crippen LogP contribution in [0.5, 0.6) is 11.5 Å². The van der Waals surface area contributed by atoms with Gasteiger partial charge in [0.15, 0.2) is 11.5 Å². The molecule has 7 atom stereocenters. The van der Waals surface area contributed by atoms with Crippen LogP contribution in [0.3, 0.4) is 0 Å². The summed E-state index contributed by atoms with van der Waals surface area (Å²) in [6, 6.07) is 2.26. The molecule has 1 fully saturated rings. The predicted octanol–water partition coefficient (Wildman–Crippen LogP) is 2.86. The van der Waals surface area contributed by atoms with Gasteiger partial charge in [0.1, 0.15) is 25.1 Å². The van der Waals surface area contributed by atoms with Gasteiger partial charge in [0, 0.05) is 43.0 Å². The monoisotopic (exact) mass is 630 g/mol. The van der Waals surface area contributed by atoms with E-state index in [1.54, 1.807) is 23.1 Å². The first-order valence-corrected chi connectivity index (χ1v) is 16.3. The minimum Gasteiger partial charge on any atom is -0.493 e. The Labute approximate surface area is 266 Å². The lowest BCUT2D eigenvalue weighted by atomic mass is 9.75. The van der Waals surface area contributed by atoms with Crippen molar-refractivity contribution >= 4 is 18.1 Å². The van der Waals surface area contributed by atoms with Gasteiger partial charge in [0.05, 0.1) is 31.8 Å². The molecule has 0 aromatic heterocycles. The van der Waals surface area contributed by atoms with Crippen molar-refractivity contribution in [2.24, 2.45) is 17.8 Å². The Morgan fingerprint density at radius 2 is 2.02 bits per heavy atom. The van der Waals surface area contributed by atoms with E-state index >= 15 is 0 Å². The number of hydrogen-bond acceptors (Lipinski definition) is 9. The largest absolute Gasteiger partial charge is 0.493 e. The molecule has 0 unspecified atom stereocenters. The summed E-state index contributed by atoms with van der Waals surface area (Å²) in [5.74, 6) is 0.461. The Hall–Kier alpha value is -2.99. The van der Waals surface area contributed by atoms with E-state index < -0.39 is 30.1 Å². The third-order valence-electron chi connectivity index (χ3n) is 9.37. The fraction of sp³-hybridized carbons (Fsp3) is 0.676. The first kappa shape index (κ1) is 34.9. The summed E-state index contributed by atoms with van der Waals surface area (Å²) in [4.78, 5) is 40.8. The molecule has 1 aliphatic heterocycles. The number of fused-ring (bicyclic) bond motifs is 3. The number of amides is 2. The van der Waals surface area contributed by atoms with Gasteiger partial charge < -0.3 is 39.4 Å². The van der Waals surface area contributed by atoms with Gasteiger partial charge in [-0.1, -0.05) is 27.2 Å². The number of aliphatic hydroxyl groups excluding tert-OH is 2. The van der Waals surface area contributed by atoms with Crippen LogP contribution in [0, 0.1) is 17.8 Å². The number of benzene rings is 1. The zero-order chi connectivity index (χ0) is 32.7. The number of nitrogens with one attached hydrogen (secondary N) is 1. The molecule has 11 heteroatoms. The zero-order valence-electron chi connectivity index (χ0n) is 27.2. The van der Waals surface area contributed by atoms with E-state index in [4.69, 9.17) is 18.9 Å². The van der Waals surface area contributed by atoms with Gasteiger partial charge in [-0.25, -0.2) is 0 Å². The van der Waals surface area contributed by atoms with E-state index in [0.29, 0.717) is 66.3 Å². The second-order valence-corrected chi connectivity index (χ2v) is 12.7. The molecule has 1 aromatic carbocycles. The first-order valence-electron chi connectivity index (χ1n) is 16.3. The molecule has 3 N–H and O–H groups in total. The number of aldehydes is 1. The lowest BCUT2D eigenvalue weighted by molar-refractivity contribution is -0.147. The predicted molar refractivity (Wildman–Crippen MR) is 167 cm³/mol. The Bertz CT molecular complexity index is 1220. The molecule has 2 amide bonds. The van der Waals surface area contributed by atoms with Crippen molar-refractivity contribution in [2.75, 3.05) is 46.6 Å². The Balaban J connectivity index is 1.68. The lowest BCUT2D eigenvalue weighted by Crippen LogP contribution is -2.56. The minimum atomic E-state index is -1.21. The summed E-state index contributed by atoms with van der Waals surface area (Å²) in [6.07, 6.45) is 3.73. The Morgan fingerprint density at radius 1 is 1.24 bits per heavy atom.